The van der Waals surface area contributed by atoms with Crippen LogP contribution in [0.15, 0.2) is 22.7 Å². The number of amides is 2. The molecule has 0 saturated heterocycles. The van der Waals surface area contributed by atoms with Crippen LogP contribution in [0, 0.1) is 30.3 Å². The summed E-state index contributed by atoms with van der Waals surface area (Å²) < 4.78 is 44.8. The summed E-state index contributed by atoms with van der Waals surface area (Å²) in [5.74, 6) is -6.17. The highest BCUT2D eigenvalue weighted by atomic mass is 19.2. The maximum absolute atomic E-state index is 13.7. The maximum Gasteiger partial charge on any atom is 0.255 e. The lowest BCUT2D eigenvalue weighted by atomic mass is 10.0. The molecule has 25 heavy (non-hydrogen) atoms. The summed E-state index contributed by atoms with van der Waals surface area (Å²) in [5.41, 5.74) is -0.699. The van der Waals surface area contributed by atoms with Gasteiger partial charge in [0.05, 0.1) is 5.56 Å². The molecule has 1 atom stereocenters. The summed E-state index contributed by atoms with van der Waals surface area (Å²) in [6.07, 6.45) is 0. The summed E-state index contributed by atoms with van der Waals surface area (Å²) in [7, 11) is 0. The van der Waals surface area contributed by atoms with Crippen LogP contribution in [0.4, 0.5) is 19.0 Å². The van der Waals surface area contributed by atoms with Crippen LogP contribution in [-0.4, -0.2) is 23.0 Å². The van der Waals surface area contributed by atoms with Crippen LogP contribution in [0.2, 0.25) is 0 Å². The van der Waals surface area contributed by atoms with Gasteiger partial charge in [-0.05, 0) is 25.0 Å². The van der Waals surface area contributed by atoms with Gasteiger partial charge in [-0.1, -0.05) is 19.0 Å². The Labute approximate surface area is 141 Å². The predicted octanol–water partition coefficient (Wildman–Crippen LogP) is 2.79. The summed E-state index contributed by atoms with van der Waals surface area (Å²) >= 11 is 0. The van der Waals surface area contributed by atoms with Crippen LogP contribution in [0.25, 0.3) is 0 Å². The number of nitrogens with one attached hydrogen (secondary N) is 2. The van der Waals surface area contributed by atoms with Gasteiger partial charge in [-0.25, -0.2) is 13.2 Å². The summed E-state index contributed by atoms with van der Waals surface area (Å²) in [6, 6.07) is 1.86. The van der Waals surface area contributed by atoms with Crippen molar-refractivity contribution in [3.8, 4) is 0 Å². The Hall–Kier alpha value is -2.84. The molecule has 0 aliphatic carbocycles. The van der Waals surface area contributed by atoms with Crippen LogP contribution in [0.1, 0.15) is 30.0 Å². The topological polar surface area (TPSA) is 84.2 Å². The van der Waals surface area contributed by atoms with Crippen molar-refractivity contribution in [2.75, 3.05) is 5.32 Å². The van der Waals surface area contributed by atoms with E-state index in [1.807, 2.05) is 0 Å². The molecular weight excluding hydrogens is 339 g/mol. The minimum Gasteiger partial charge on any atom is -0.360 e. The molecule has 0 spiro atoms. The number of anilines is 1. The fourth-order valence-corrected chi connectivity index (χ4v) is 2.08. The highest BCUT2D eigenvalue weighted by molar-refractivity contribution is 6.01. The number of rotatable bonds is 5. The van der Waals surface area contributed by atoms with Crippen LogP contribution in [-0.2, 0) is 4.79 Å². The molecule has 2 rings (SSSR count). The summed E-state index contributed by atoms with van der Waals surface area (Å²) in [5, 5.41) is 8.36. The zero-order chi connectivity index (χ0) is 18.7. The highest BCUT2D eigenvalue weighted by Gasteiger charge is 2.27. The van der Waals surface area contributed by atoms with Crippen molar-refractivity contribution in [1.29, 1.82) is 0 Å². The number of aromatic nitrogens is 1. The summed E-state index contributed by atoms with van der Waals surface area (Å²) in [4.78, 5) is 24.5. The largest absolute Gasteiger partial charge is 0.360 e. The van der Waals surface area contributed by atoms with Crippen molar-refractivity contribution in [3.63, 3.8) is 0 Å². The van der Waals surface area contributed by atoms with E-state index >= 15 is 0 Å². The van der Waals surface area contributed by atoms with Gasteiger partial charge in [0.1, 0.15) is 11.8 Å². The molecule has 0 unspecified atom stereocenters. The normalized spacial score (nSPS) is 12.1. The standard InChI is InChI=1S/C16H16F3N3O3/c1-7(2)14(16(24)20-11-6-8(3)25-22-11)21-15(23)9-4-5-10(17)13(19)12(9)18/h4-7,14H,1-3H3,(H,21,23)(H,20,22,24)/t14-/m0/s1. The molecule has 0 radical (unpaired) electrons. The lowest BCUT2D eigenvalue weighted by molar-refractivity contribution is -0.118. The average molecular weight is 355 g/mol. The summed E-state index contributed by atoms with van der Waals surface area (Å²) in [6.45, 7) is 4.94. The van der Waals surface area contributed by atoms with Crippen molar-refractivity contribution in [2.24, 2.45) is 5.92 Å². The predicted molar refractivity (Wildman–Crippen MR) is 82.3 cm³/mol. The second-order valence-electron chi connectivity index (χ2n) is 5.73. The molecule has 134 valence electrons. The maximum atomic E-state index is 13.7. The van der Waals surface area contributed by atoms with Gasteiger partial charge < -0.3 is 15.2 Å². The number of nitrogens with zero attached hydrogens (tertiary/aromatic N) is 1. The Kier molecular flexibility index (Phi) is 5.45. The molecule has 9 heteroatoms. The average Bonchev–Trinajstić information content (AvgIpc) is 2.94. The van der Waals surface area contributed by atoms with Gasteiger partial charge in [-0.2, -0.15) is 0 Å². The molecule has 0 bridgehead atoms. The van der Waals surface area contributed by atoms with Crippen LogP contribution >= 0.6 is 0 Å². The quantitative estimate of drug-likeness (QED) is 0.808. The monoisotopic (exact) mass is 355 g/mol. The van der Waals surface area contributed by atoms with E-state index in [4.69, 9.17) is 4.52 Å². The number of aryl methyl sites for hydroxylation is 1. The molecule has 0 aliphatic rings. The number of carbonyl (C=O) groups excluding carboxylic acids is 2. The first-order valence-corrected chi connectivity index (χ1v) is 7.39. The smallest absolute Gasteiger partial charge is 0.255 e. The minimum absolute atomic E-state index is 0.154. The van der Waals surface area contributed by atoms with Gasteiger partial charge in [0, 0.05) is 6.07 Å². The van der Waals surface area contributed by atoms with Crippen molar-refractivity contribution in [1.82, 2.24) is 10.5 Å². The SMILES string of the molecule is Cc1cc(NC(=O)[C@@H](NC(=O)c2ccc(F)c(F)c2F)C(C)C)no1. The van der Waals surface area contributed by atoms with E-state index in [0.717, 1.165) is 6.07 Å². The molecule has 2 N–H and O–H groups in total. The van der Waals surface area contributed by atoms with E-state index < -0.39 is 40.9 Å². The Morgan fingerprint density at radius 1 is 1.16 bits per heavy atom. The molecule has 1 heterocycles. The van der Waals surface area contributed by atoms with Crippen LogP contribution in [0.5, 0.6) is 0 Å². The van der Waals surface area contributed by atoms with E-state index in [-0.39, 0.29) is 11.7 Å². The van der Waals surface area contributed by atoms with Crippen molar-refractivity contribution in [3.05, 3.63) is 47.0 Å². The molecule has 1 aromatic heterocycles. The van der Waals surface area contributed by atoms with Gasteiger partial charge in [0.25, 0.3) is 5.91 Å². The number of carbonyl (C=O) groups is 2. The van der Waals surface area contributed by atoms with Crippen molar-refractivity contribution in [2.45, 2.75) is 26.8 Å². The number of hydrogen-bond donors (Lipinski definition) is 2. The number of halogens is 3. The Morgan fingerprint density at radius 3 is 2.40 bits per heavy atom. The Bertz CT molecular complexity index is 805. The first kappa shape index (κ1) is 18.5. The van der Waals surface area contributed by atoms with E-state index in [1.165, 1.54) is 6.07 Å². The molecule has 2 aromatic rings. The Morgan fingerprint density at radius 2 is 1.84 bits per heavy atom. The number of benzene rings is 1. The first-order chi connectivity index (χ1) is 11.7. The van der Waals surface area contributed by atoms with E-state index in [0.29, 0.717) is 11.8 Å². The fraction of sp³-hybridized carbons (Fsp3) is 0.312. The lowest BCUT2D eigenvalue weighted by Gasteiger charge is -2.21. The zero-order valence-corrected chi connectivity index (χ0v) is 13.7. The van der Waals surface area contributed by atoms with E-state index in [2.05, 4.69) is 15.8 Å². The molecule has 2 amide bonds. The third-order valence-electron chi connectivity index (χ3n) is 3.39. The minimum atomic E-state index is -1.75. The second-order valence-corrected chi connectivity index (χ2v) is 5.73. The third kappa shape index (κ3) is 4.17. The zero-order valence-electron chi connectivity index (χ0n) is 13.7. The van der Waals surface area contributed by atoms with Crippen LogP contribution in [0.3, 0.4) is 0 Å². The fourth-order valence-electron chi connectivity index (χ4n) is 2.08. The molecule has 0 fully saturated rings. The second kappa shape index (κ2) is 7.37. The lowest BCUT2D eigenvalue weighted by Crippen LogP contribution is -2.47. The van der Waals surface area contributed by atoms with Gasteiger partial charge in [-0.3, -0.25) is 9.59 Å². The van der Waals surface area contributed by atoms with Crippen molar-refractivity contribution >= 4 is 17.6 Å². The van der Waals surface area contributed by atoms with Gasteiger partial charge in [0.2, 0.25) is 5.91 Å². The molecule has 6 nitrogen and oxygen atoms in total. The molecule has 1 aromatic carbocycles. The first-order valence-electron chi connectivity index (χ1n) is 7.39. The molecule has 0 aliphatic heterocycles. The molecule has 0 saturated carbocycles. The Balaban J connectivity index is 2.17. The number of hydrogen-bond acceptors (Lipinski definition) is 4. The molecular formula is C16H16F3N3O3. The van der Waals surface area contributed by atoms with Gasteiger partial charge in [-0.15, -0.1) is 0 Å². The van der Waals surface area contributed by atoms with Crippen molar-refractivity contribution < 1.29 is 27.3 Å². The van der Waals surface area contributed by atoms with E-state index in [9.17, 15) is 22.8 Å². The highest BCUT2D eigenvalue weighted by Crippen LogP contribution is 2.16. The van der Waals surface area contributed by atoms with Gasteiger partial charge >= 0.3 is 0 Å². The van der Waals surface area contributed by atoms with Gasteiger partial charge in [0.15, 0.2) is 23.3 Å². The van der Waals surface area contributed by atoms with Crippen LogP contribution < -0.4 is 10.6 Å². The third-order valence-corrected chi connectivity index (χ3v) is 3.39. The van der Waals surface area contributed by atoms with E-state index in [1.54, 1.807) is 20.8 Å².